The minimum atomic E-state index is -2.04. The first kappa shape index (κ1) is 22.5. The van der Waals surface area contributed by atoms with Gasteiger partial charge in [-0.05, 0) is 47.5 Å². The van der Waals surface area contributed by atoms with Gasteiger partial charge in [-0.15, -0.1) is 0 Å². The fraction of sp³-hybridized carbons (Fsp3) is 0.632. The Labute approximate surface area is 158 Å². The highest BCUT2D eigenvalue weighted by molar-refractivity contribution is 6.25. The van der Waals surface area contributed by atoms with Crippen molar-refractivity contribution in [3.05, 3.63) is 18.4 Å². The van der Waals surface area contributed by atoms with Crippen LogP contribution in [0.2, 0.25) is 0 Å². The van der Waals surface area contributed by atoms with E-state index >= 15 is 0 Å². The number of Topliss-reactive ketones (excluding diaryl/α,β-unsaturated/α-hetero) is 2. The number of hydrogen-bond acceptors (Lipinski definition) is 8. The summed E-state index contributed by atoms with van der Waals surface area (Å²) in [5.41, 5.74) is -2.92. The second-order valence-corrected chi connectivity index (χ2v) is 7.17. The van der Waals surface area contributed by atoms with E-state index in [0.717, 1.165) is 12.6 Å². The summed E-state index contributed by atoms with van der Waals surface area (Å²) in [5.74, 6) is -2.93. The van der Waals surface area contributed by atoms with E-state index in [2.05, 4.69) is 4.98 Å². The Morgan fingerprint density at radius 1 is 1.15 bits per heavy atom. The topological polar surface area (TPSA) is 113 Å². The van der Waals surface area contributed by atoms with E-state index < -0.39 is 28.6 Å². The van der Waals surface area contributed by atoms with Crippen LogP contribution < -0.4 is 0 Å². The fourth-order valence-corrected chi connectivity index (χ4v) is 2.58. The van der Waals surface area contributed by atoms with Gasteiger partial charge in [0, 0.05) is 6.42 Å². The first-order valence-corrected chi connectivity index (χ1v) is 8.88. The number of unbranched alkanes of at least 4 members (excludes halogenated alkanes) is 1. The summed E-state index contributed by atoms with van der Waals surface area (Å²) < 4.78 is 15.2. The third kappa shape index (κ3) is 6.01. The molecular weight excluding hydrogens is 354 g/mol. The SMILES string of the molecule is CCOC(=O)CCCCC(C(C)=O)(C(=O)OC(C)(C)C)C(=O)c1cnco1. The van der Waals surface area contributed by atoms with Crippen molar-refractivity contribution in [1.29, 1.82) is 0 Å². The van der Waals surface area contributed by atoms with Crippen LogP contribution in [-0.4, -0.2) is 40.7 Å². The third-order valence-corrected chi connectivity index (χ3v) is 3.88. The quantitative estimate of drug-likeness (QED) is 0.263. The predicted molar refractivity (Wildman–Crippen MR) is 94.9 cm³/mol. The van der Waals surface area contributed by atoms with Crippen molar-refractivity contribution in [2.24, 2.45) is 5.41 Å². The lowest BCUT2D eigenvalue weighted by Gasteiger charge is -2.30. The van der Waals surface area contributed by atoms with Crippen molar-refractivity contribution in [3.63, 3.8) is 0 Å². The van der Waals surface area contributed by atoms with Crippen LogP contribution in [0.5, 0.6) is 0 Å². The van der Waals surface area contributed by atoms with Crippen LogP contribution >= 0.6 is 0 Å². The van der Waals surface area contributed by atoms with E-state index in [9.17, 15) is 19.2 Å². The molecule has 0 amide bonds. The minimum absolute atomic E-state index is 0.101. The Balaban J connectivity index is 3.09. The van der Waals surface area contributed by atoms with Crippen LogP contribution in [0.1, 0.15) is 70.9 Å². The van der Waals surface area contributed by atoms with E-state index in [4.69, 9.17) is 13.9 Å². The summed E-state index contributed by atoms with van der Waals surface area (Å²) in [7, 11) is 0. The molecule has 1 rings (SSSR count). The van der Waals surface area contributed by atoms with E-state index in [-0.39, 0.29) is 37.6 Å². The lowest BCUT2D eigenvalue weighted by Crippen LogP contribution is -2.48. The van der Waals surface area contributed by atoms with Gasteiger partial charge in [0.15, 0.2) is 23.4 Å². The first-order chi connectivity index (χ1) is 12.5. The second-order valence-electron chi connectivity index (χ2n) is 7.17. The molecule has 0 aromatic carbocycles. The number of ketones is 2. The van der Waals surface area contributed by atoms with Crippen molar-refractivity contribution in [3.8, 4) is 0 Å². The zero-order valence-corrected chi connectivity index (χ0v) is 16.5. The van der Waals surface area contributed by atoms with Crippen LogP contribution in [0.4, 0.5) is 0 Å². The Kier molecular flexibility index (Phi) is 7.87. The summed E-state index contributed by atoms with van der Waals surface area (Å²) >= 11 is 0. The molecule has 0 bridgehead atoms. The number of carbonyl (C=O) groups excluding carboxylic acids is 4. The highest BCUT2D eigenvalue weighted by Gasteiger charge is 2.53. The van der Waals surface area contributed by atoms with Crippen molar-refractivity contribution in [2.45, 2.75) is 65.9 Å². The number of esters is 2. The molecule has 1 aromatic heterocycles. The average Bonchev–Trinajstić information content (AvgIpc) is 3.07. The number of carbonyl (C=O) groups is 4. The highest BCUT2D eigenvalue weighted by atomic mass is 16.6. The summed E-state index contributed by atoms with van der Waals surface area (Å²) in [6.07, 6.45) is 2.87. The molecule has 0 spiro atoms. The molecule has 1 unspecified atom stereocenters. The monoisotopic (exact) mass is 381 g/mol. The molecule has 0 saturated carbocycles. The van der Waals surface area contributed by atoms with E-state index in [0.29, 0.717) is 6.42 Å². The summed E-state index contributed by atoms with van der Waals surface area (Å²) in [6.45, 7) is 8.10. The molecule has 1 atom stereocenters. The molecule has 1 heterocycles. The molecule has 0 N–H and O–H groups in total. The molecule has 8 heteroatoms. The van der Waals surface area contributed by atoms with Crippen LogP contribution in [0, 0.1) is 5.41 Å². The molecule has 0 aliphatic carbocycles. The Hall–Kier alpha value is -2.51. The molecular formula is C19H27NO7. The van der Waals surface area contributed by atoms with Gasteiger partial charge in [-0.1, -0.05) is 6.42 Å². The van der Waals surface area contributed by atoms with Crippen LogP contribution in [0.25, 0.3) is 0 Å². The number of rotatable bonds is 10. The van der Waals surface area contributed by atoms with E-state index in [1.807, 2.05) is 0 Å². The number of aromatic nitrogens is 1. The average molecular weight is 381 g/mol. The largest absolute Gasteiger partial charge is 0.466 e. The Morgan fingerprint density at radius 3 is 2.30 bits per heavy atom. The van der Waals surface area contributed by atoms with Gasteiger partial charge >= 0.3 is 11.9 Å². The standard InChI is InChI=1S/C19H27NO7/c1-6-25-15(22)9-7-8-10-19(13(2)21,17(24)27-18(3,4)5)16(23)14-11-20-12-26-14/h11-12H,6-10H2,1-5H3. The number of oxazole rings is 1. The van der Waals surface area contributed by atoms with Crippen molar-refractivity contribution in [2.75, 3.05) is 6.61 Å². The van der Waals surface area contributed by atoms with Gasteiger partial charge in [-0.2, -0.15) is 0 Å². The number of hydrogen-bond donors (Lipinski definition) is 0. The summed E-state index contributed by atoms with van der Waals surface area (Å²) in [5, 5.41) is 0. The van der Waals surface area contributed by atoms with E-state index in [1.54, 1.807) is 27.7 Å². The molecule has 150 valence electrons. The second kappa shape index (κ2) is 9.43. The fourth-order valence-electron chi connectivity index (χ4n) is 2.58. The zero-order valence-electron chi connectivity index (χ0n) is 16.5. The van der Waals surface area contributed by atoms with Gasteiger partial charge in [0.05, 0.1) is 12.8 Å². The molecule has 0 saturated heterocycles. The molecule has 8 nitrogen and oxygen atoms in total. The lowest BCUT2D eigenvalue weighted by molar-refractivity contribution is -0.167. The molecule has 0 radical (unpaired) electrons. The normalized spacial score (nSPS) is 13.5. The molecule has 1 aromatic rings. The van der Waals surface area contributed by atoms with Gasteiger partial charge in [0.25, 0.3) is 0 Å². The third-order valence-electron chi connectivity index (χ3n) is 3.88. The zero-order chi connectivity index (χ0) is 20.7. The predicted octanol–water partition coefficient (Wildman–Crippen LogP) is 2.90. The first-order valence-electron chi connectivity index (χ1n) is 8.88. The molecule has 0 aliphatic heterocycles. The summed E-state index contributed by atoms with van der Waals surface area (Å²) in [4.78, 5) is 53.5. The van der Waals surface area contributed by atoms with Gasteiger partial charge in [0.2, 0.25) is 5.78 Å². The molecule has 0 aliphatic rings. The van der Waals surface area contributed by atoms with Crippen LogP contribution in [0.3, 0.4) is 0 Å². The highest BCUT2D eigenvalue weighted by Crippen LogP contribution is 2.34. The Morgan fingerprint density at radius 2 is 1.81 bits per heavy atom. The molecule has 0 fully saturated rings. The van der Waals surface area contributed by atoms with Gasteiger partial charge in [-0.3, -0.25) is 19.2 Å². The smallest absolute Gasteiger partial charge is 0.328 e. The maximum absolute atomic E-state index is 13.0. The Bertz CT molecular complexity index is 673. The van der Waals surface area contributed by atoms with Crippen molar-refractivity contribution < 1.29 is 33.1 Å². The number of nitrogens with zero attached hydrogens (tertiary/aromatic N) is 1. The maximum Gasteiger partial charge on any atom is 0.328 e. The van der Waals surface area contributed by atoms with E-state index in [1.165, 1.54) is 6.92 Å². The number of ether oxygens (including phenoxy) is 2. The lowest BCUT2D eigenvalue weighted by atomic mass is 9.74. The van der Waals surface area contributed by atoms with Crippen LogP contribution in [-0.2, 0) is 23.9 Å². The van der Waals surface area contributed by atoms with Gasteiger partial charge < -0.3 is 13.9 Å². The van der Waals surface area contributed by atoms with Crippen LogP contribution in [0.15, 0.2) is 17.0 Å². The summed E-state index contributed by atoms with van der Waals surface area (Å²) in [6, 6.07) is 0. The maximum atomic E-state index is 13.0. The van der Waals surface area contributed by atoms with Crippen molar-refractivity contribution >= 4 is 23.5 Å². The minimum Gasteiger partial charge on any atom is -0.466 e. The van der Waals surface area contributed by atoms with Gasteiger partial charge in [-0.25, -0.2) is 4.98 Å². The van der Waals surface area contributed by atoms with Gasteiger partial charge in [0.1, 0.15) is 5.60 Å². The molecule has 27 heavy (non-hydrogen) atoms. The van der Waals surface area contributed by atoms with Crippen molar-refractivity contribution in [1.82, 2.24) is 4.98 Å².